The van der Waals surface area contributed by atoms with Crippen molar-refractivity contribution in [2.75, 3.05) is 0 Å². The Kier molecular flexibility index (Phi) is 5.08. The van der Waals surface area contributed by atoms with Crippen LogP contribution in [0.3, 0.4) is 0 Å². The maximum absolute atomic E-state index is 12.9. The highest BCUT2D eigenvalue weighted by Gasteiger charge is 2.10. The molecule has 22 heavy (non-hydrogen) atoms. The van der Waals surface area contributed by atoms with Gasteiger partial charge in [-0.15, -0.1) is 0 Å². The van der Waals surface area contributed by atoms with Crippen LogP contribution in [0.5, 0.6) is 11.5 Å². The highest BCUT2D eigenvalue weighted by Crippen LogP contribution is 2.26. The van der Waals surface area contributed by atoms with Crippen molar-refractivity contribution < 1.29 is 13.9 Å². The maximum atomic E-state index is 12.9. The molecule has 0 heterocycles. The molecule has 6 heteroatoms. The van der Waals surface area contributed by atoms with E-state index >= 15 is 0 Å². The zero-order chi connectivity index (χ0) is 15.9. The van der Waals surface area contributed by atoms with Crippen LogP contribution < -0.4 is 15.9 Å². The molecule has 3 N–H and O–H groups in total. The van der Waals surface area contributed by atoms with Crippen molar-refractivity contribution in [1.82, 2.24) is 5.43 Å². The second kappa shape index (κ2) is 7.21. The Balaban J connectivity index is 2.31. The van der Waals surface area contributed by atoms with Crippen LogP contribution >= 0.6 is 0 Å². The lowest BCUT2D eigenvalue weighted by Gasteiger charge is -2.12. The summed E-state index contributed by atoms with van der Waals surface area (Å²) in [6.07, 6.45) is 0.573. The molecule has 2 aromatic carbocycles. The molecule has 114 valence electrons. The third-order valence-electron chi connectivity index (χ3n) is 2.88. The van der Waals surface area contributed by atoms with Crippen molar-refractivity contribution >= 4 is 11.7 Å². The number of hydrogen-bond donors (Lipinski definition) is 2. The average Bonchev–Trinajstić information content (AvgIpc) is 2.51. The van der Waals surface area contributed by atoms with Crippen LogP contribution in [0.4, 0.5) is 9.18 Å². The van der Waals surface area contributed by atoms with Gasteiger partial charge in [0.1, 0.15) is 17.3 Å². The lowest BCUT2D eigenvalue weighted by Crippen LogP contribution is -2.26. The van der Waals surface area contributed by atoms with Gasteiger partial charge < -0.3 is 10.5 Å². The van der Waals surface area contributed by atoms with Crippen LogP contribution in [-0.2, 0) is 0 Å². The number of carbonyl (C=O) groups is 1. The van der Waals surface area contributed by atoms with E-state index in [2.05, 4.69) is 10.5 Å². The Morgan fingerprint density at radius 3 is 2.55 bits per heavy atom. The van der Waals surface area contributed by atoms with Gasteiger partial charge in [-0.25, -0.2) is 14.6 Å². The molecule has 0 atom stereocenters. The zero-order valence-corrected chi connectivity index (χ0v) is 12.0. The molecule has 2 rings (SSSR count). The van der Waals surface area contributed by atoms with Gasteiger partial charge in [0.05, 0.1) is 5.71 Å². The van der Waals surface area contributed by atoms with E-state index in [1.54, 1.807) is 6.07 Å². The van der Waals surface area contributed by atoms with Crippen molar-refractivity contribution in [2.24, 2.45) is 10.8 Å². The summed E-state index contributed by atoms with van der Waals surface area (Å²) in [5, 5.41) is 3.98. The van der Waals surface area contributed by atoms with E-state index in [0.717, 1.165) is 5.56 Å². The molecule has 0 aliphatic heterocycles. The second-order valence-corrected chi connectivity index (χ2v) is 4.44. The topological polar surface area (TPSA) is 76.7 Å². The minimum atomic E-state index is -0.733. The number of amides is 2. The van der Waals surface area contributed by atoms with E-state index in [4.69, 9.17) is 10.5 Å². The van der Waals surface area contributed by atoms with E-state index in [9.17, 15) is 9.18 Å². The minimum Gasteiger partial charge on any atom is -0.457 e. The van der Waals surface area contributed by atoms with Crippen LogP contribution in [0.25, 0.3) is 0 Å². The zero-order valence-electron chi connectivity index (χ0n) is 12.0. The third-order valence-corrected chi connectivity index (χ3v) is 2.88. The van der Waals surface area contributed by atoms with Crippen LogP contribution in [0.2, 0.25) is 0 Å². The number of halogens is 1. The average molecular weight is 301 g/mol. The summed E-state index contributed by atoms with van der Waals surface area (Å²) >= 11 is 0. The molecular weight excluding hydrogens is 285 g/mol. The minimum absolute atomic E-state index is 0.331. The Labute approximate surface area is 127 Å². The van der Waals surface area contributed by atoms with Gasteiger partial charge >= 0.3 is 6.03 Å². The summed E-state index contributed by atoms with van der Waals surface area (Å²) < 4.78 is 18.7. The molecule has 5 nitrogen and oxygen atoms in total. The summed E-state index contributed by atoms with van der Waals surface area (Å²) in [6, 6.07) is 12.2. The second-order valence-electron chi connectivity index (χ2n) is 4.44. The number of hydrazone groups is 1. The van der Waals surface area contributed by atoms with Crippen molar-refractivity contribution in [1.29, 1.82) is 0 Å². The van der Waals surface area contributed by atoms with E-state index < -0.39 is 6.03 Å². The van der Waals surface area contributed by atoms with Gasteiger partial charge in [-0.1, -0.05) is 19.1 Å². The Hall–Kier alpha value is -2.89. The van der Waals surface area contributed by atoms with Gasteiger partial charge in [-0.2, -0.15) is 5.10 Å². The first-order valence-electron chi connectivity index (χ1n) is 6.75. The molecular formula is C16H16FN3O2. The molecule has 2 aromatic rings. The number of nitrogens with zero attached hydrogens (tertiary/aromatic N) is 1. The Morgan fingerprint density at radius 1 is 1.23 bits per heavy atom. The molecule has 0 aromatic heterocycles. The molecule has 2 amide bonds. The number of carbonyl (C=O) groups excluding carboxylic acids is 1. The van der Waals surface area contributed by atoms with Gasteiger partial charge in [0.15, 0.2) is 0 Å². The van der Waals surface area contributed by atoms with E-state index in [1.165, 1.54) is 24.3 Å². The molecule has 0 saturated carbocycles. The molecule has 0 saturated heterocycles. The molecule has 0 radical (unpaired) electrons. The van der Waals surface area contributed by atoms with Crippen LogP contribution in [0.15, 0.2) is 53.6 Å². The quantitative estimate of drug-likeness (QED) is 0.656. The van der Waals surface area contributed by atoms with Crippen molar-refractivity contribution in [3.8, 4) is 11.5 Å². The predicted octanol–water partition coefficient (Wildman–Crippen LogP) is 3.40. The fourth-order valence-corrected chi connectivity index (χ4v) is 1.88. The highest BCUT2D eigenvalue weighted by molar-refractivity contribution is 6.03. The monoisotopic (exact) mass is 301 g/mol. The smallest absolute Gasteiger partial charge is 0.332 e. The van der Waals surface area contributed by atoms with Gasteiger partial charge in [0.2, 0.25) is 0 Å². The molecule has 0 bridgehead atoms. The highest BCUT2D eigenvalue weighted by atomic mass is 19.1. The first-order valence-corrected chi connectivity index (χ1v) is 6.75. The number of rotatable bonds is 5. The molecule has 0 spiro atoms. The molecule has 0 fully saturated rings. The van der Waals surface area contributed by atoms with E-state index in [-0.39, 0.29) is 5.82 Å². The summed E-state index contributed by atoms with van der Waals surface area (Å²) in [5.74, 6) is 0.732. The normalized spacial score (nSPS) is 11.1. The van der Waals surface area contributed by atoms with Crippen LogP contribution in [0, 0.1) is 5.82 Å². The Bertz CT molecular complexity index is 684. The van der Waals surface area contributed by atoms with E-state index in [1.807, 2.05) is 25.1 Å². The lowest BCUT2D eigenvalue weighted by atomic mass is 10.1. The third kappa shape index (κ3) is 4.05. The van der Waals surface area contributed by atoms with Crippen LogP contribution in [-0.4, -0.2) is 11.7 Å². The number of ether oxygens (including phenoxy) is 1. The van der Waals surface area contributed by atoms with E-state index in [0.29, 0.717) is 23.6 Å². The number of hydrogen-bond acceptors (Lipinski definition) is 3. The standard InChI is InChI=1S/C16H16FN3O2/c1-2-14(19-20-16(18)21)13-5-3-4-6-15(13)22-12-9-7-11(17)8-10-12/h3-10H,2H2,1H3,(H3,18,20,21)/b19-14+. The molecule has 0 aliphatic rings. The number of urea groups is 1. The molecule has 0 unspecified atom stereocenters. The van der Waals surface area contributed by atoms with Gasteiger partial charge in [0, 0.05) is 5.56 Å². The Morgan fingerprint density at radius 2 is 1.91 bits per heavy atom. The summed E-state index contributed by atoms with van der Waals surface area (Å²) in [5.41, 5.74) is 8.59. The number of benzene rings is 2. The number of primary amides is 1. The first kappa shape index (κ1) is 15.5. The largest absolute Gasteiger partial charge is 0.457 e. The first-order chi connectivity index (χ1) is 10.6. The van der Waals surface area contributed by atoms with Gasteiger partial charge in [-0.05, 0) is 42.8 Å². The van der Waals surface area contributed by atoms with Crippen molar-refractivity contribution in [2.45, 2.75) is 13.3 Å². The molecule has 0 aliphatic carbocycles. The van der Waals surface area contributed by atoms with Crippen molar-refractivity contribution in [3.63, 3.8) is 0 Å². The fraction of sp³-hybridized carbons (Fsp3) is 0.125. The number of nitrogens with one attached hydrogen (secondary N) is 1. The number of para-hydroxylation sites is 1. The van der Waals surface area contributed by atoms with Crippen molar-refractivity contribution in [3.05, 3.63) is 59.9 Å². The SMILES string of the molecule is CC/C(=N\NC(N)=O)c1ccccc1Oc1ccc(F)cc1. The fourth-order valence-electron chi connectivity index (χ4n) is 1.88. The van der Waals surface area contributed by atoms with Gasteiger partial charge in [0.25, 0.3) is 0 Å². The number of nitrogens with two attached hydrogens (primary N) is 1. The van der Waals surface area contributed by atoms with Gasteiger partial charge in [-0.3, -0.25) is 0 Å². The van der Waals surface area contributed by atoms with Crippen LogP contribution in [0.1, 0.15) is 18.9 Å². The maximum Gasteiger partial charge on any atom is 0.332 e. The predicted molar refractivity (Wildman–Crippen MR) is 82.5 cm³/mol. The summed E-state index contributed by atoms with van der Waals surface area (Å²) in [7, 11) is 0. The summed E-state index contributed by atoms with van der Waals surface area (Å²) in [4.78, 5) is 10.8. The lowest BCUT2D eigenvalue weighted by molar-refractivity contribution is 0.249. The summed E-state index contributed by atoms with van der Waals surface area (Å²) in [6.45, 7) is 1.90.